The highest BCUT2D eigenvalue weighted by atomic mass is 16.5. The van der Waals surface area contributed by atoms with Gasteiger partial charge in [0.1, 0.15) is 6.10 Å². The molecule has 0 aliphatic carbocycles. The summed E-state index contributed by atoms with van der Waals surface area (Å²) in [7, 11) is 4.14. The smallest absolute Gasteiger partial charge is 0.251 e. The van der Waals surface area contributed by atoms with Crippen LogP contribution in [0.15, 0.2) is 6.20 Å². The number of carbonyl (C=O) groups is 1. The molecule has 3 rings (SSSR count). The first kappa shape index (κ1) is 16.5. The molecule has 1 unspecified atom stereocenters. The van der Waals surface area contributed by atoms with Gasteiger partial charge in [0.25, 0.3) is 5.91 Å². The molecular weight excluding hydrogens is 292 g/mol. The summed E-state index contributed by atoms with van der Waals surface area (Å²) in [6, 6.07) is 0.531. The molecule has 2 saturated heterocycles. The van der Waals surface area contributed by atoms with Crippen LogP contribution < -0.4 is 0 Å². The molecule has 0 bridgehead atoms. The Balaban J connectivity index is 1.50. The number of aryl methyl sites for hydroxylation is 2. The van der Waals surface area contributed by atoms with Gasteiger partial charge in [-0.15, -0.1) is 0 Å². The molecule has 2 aliphatic rings. The Bertz CT molecular complexity index is 543. The topological polar surface area (TPSA) is 50.6 Å². The van der Waals surface area contributed by atoms with Crippen molar-refractivity contribution in [1.29, 1.82) is 0 Å². The molecular formula is C17H28N4O2. The van der Waals surface area contributed by atoms with E-state index in [2.05, 4.69) is 30.2 Å². The Labute approximate surface area is 138 Å². The number of piperidine rings is 1. The summed E-state index contributed by atoms with van der Waals surface area (Å²) in [6.07, 6.45) is 5.89. The van der Waals surface area contributed by atoms with Gasteiger partial charge in [-0.2, -0.15) is 5.10 Å². The highest BCUT2D eigenvalue weighted by Crippen LogP contribution is 2.21. The van der Waals surface area contributed by atoms with Crippen LogP contribution in [-0.4, -0.2) is 64.4 Å². The summed E-state index contributed by atoms with van der Waals surface area (Å²) in [5, 5.41) is 4.41. The first-order valence-corrected chi connectivity index (χ1v) is 8.64. The van der Waals surface area contributed by atoms with Crippen LogP contribution in [0.25, 0.3) is 0 Å². The first-order valence-electron chi connectivity index (χ1n) is 8.64. The fraction of sp³-hybridized carbons (Fsp3) is 0.765. The minimum absolute atomic E-state index is 0.178. The zero-order valence-electron chi connectivity index (χ0n) is 14.5. The van der Waals surface area contributed by atoms with Gasteiger partial charge in [-0.1, -0.05) is 0 Å². The third-order valence-corrected chi connectivity index (χ3v) is 5.14. The predicted octanol–water partition coefficient (Wildman–Crippen LogP) is 1.33. The van der Waals surface area contributed by atoms with Crippen molar-refractivity contribution in [3.63, 3.8) is 0 Å². The monoisotopic (exact) mass is 320 g/mol. The van der Waals surface area contributed by atoms with Crippen LogP contribution in [0.1, 0.15) is 36.9 Å². The number of aromatic nitrogens is 2. The van der Waals surface area contributed by atoms with E-state index in [1.165, 1.54) is 5.56 Å². The lowest BCUT2D eigenvalue weighted by atomic mass is 10.0. The van der Waals surface area contributed by atoms with E-state index in [0.717, 1.165) is 57.6 Å². The fourth-order valence-corrected chi connectivity index (χ4v) is 3.70. The second-order valence-corrected chi connectivity index (χ2v) is 6.89. The van der Waals surface area contributed by atoms with Crippen LogP contribution in [0.5, 0.6) is 0 Å². The summed E-state index contributed by atoms with van der Waals surface area (Å²) >= 11 is 0. The van der Waals surface area contributed by atoms with Gasteiger partial charge < -0.3 is 9.64 Å². The van der Waals surface area contributed by atoms with Gasteiger partial charge in [-0.3, -0.25) is 14.4 Å². The molecule has 128 valence electrons. The minimum Gasteiger partial charge on any atom is -0.368 e. The molecule has 1 aromatic rings. The zero-order valence-corrected chi connectivity index (χ0v) is 14.5. The molecule has 0 spiro atoms. The number of hydrogen-bond donors (Lipinski definition) is 0. The summed E-state index contributed by atoms with van der Waals surface area (Å²) in [5.74, 6) is 0.201. The fourth-order valence-electron chi connectivity index (χ4n) is 3.70. The van der Waals surface area contributed by atoms with E-state index in [0.29, 0.717) is 6.04 Å². The molecule has 0 aromatic carbocycles. The lowest BCUT2D eigenvalue weighted by molar-refractivity contribution is -0.142. The third kappa shape index (κ3) is 3.75. The van der Waals surface area contributed by atoms with E-state index in [9.17, 15) is 4.79 Å². The van der Waals surface area contributed by atoms with Crippen molar-refractivity contribution >= 4 is 5.91 Å². The molecule has 0 saturated carbocycles. The number of nitrogens with zero attached hydrogens (tertiary/aromatic N) is 4. The maximum absolute atomic E-state index is 12.4. The molecule has 0 N–H and O–H groups in total. The van der Waals surface area contributed by atoms with E-state index in [1.54, 1.807) is 0 Å². The Morgan fingerprint density at radius 3 is 2.70 bits per heavy atom. The molecule has 0 radical (unpaired) electrons. The SMILES string of the molecule is Cc1nn(C)cc1CN(C)C1CCN(C(=O)C2CCCO2)CC1. The van der Waals surface area contributed by atoms with Crippen molar-refractivity contribution in [2.24, 2.45) is 7.05 Å². The van der Waals surface area contributed by atoms with Gasteiger partial charge >= 0.3 is 0 Å². The lowest BCUT2D eigenvalue weighted by Gasteiger charge is -2.37. The van der Waals surface area contributed by atoms with Crippen molar-refractivity contribution in [1.82, 2.24) is 19.6 Å². The quantitative estimate of drug-likeness (QED) is 0.840. The average molecular weight is 320 g/mol. The number of amides is 1. The van der Waals surface area contributed by atoms with Crippen LogP contribution in [0, 0.1) is 6.92 Å². The number of hydrogen-bond acceptors (Lipinski definition) is 4. The van der Waals surface area contributed by atoms with Crippen LogP contribution in [0.4, 0.5) is 0 Å². The Morgan fingerprint density at radius 2 is 2.13 bits per heavy atom. The van der Waals surface area contributed by atoms with Gasteiger partial charge in [-0.25, -0.2) is 0 Å². The summed E-state index contributed by atoms with van der Waals surface area (Å²) in [6.45, 7) is 5.41. The normalized spacial score (nSPS) is 23.0. The Morgan fingerprint density at radius 1 is 1.39 bits per heavy atom. The van der Waals surface area contributed by atoms with Gasteiger partial charge in [0.2, 0.25) is 0 Å². The molecule has 1 amide bonds. The zero-order chi connectivity index (χ0) is 16.4. The van der Waals surface area contributed by atoms with Gasteiger partial charge in [0, 0.05) is 51.1 Å². The van der Waals surface area contributed by atoms with Crippen molar-refractivity contribution in [3.05, 3.63) is 17.5 Å². The number of rotatable bonds is 4. The minimum atomic E-state index is -0.178. The van der Waals surface area contributed by atoms with Gasteiger partial charge in [0.15, 0.2) is 0 Å². The molecule has 6 nitrogen and oxygen atoms in total. The molecule has 2 fully saturated rings. The van der Waals surface area contributed by atoms with Crippen molar-refractivity contribution in [2.45, 2.75) is 51.3 Å². The van der Waals surface area contributed by atoms with E-state index in [4.69, 9.17) is 4.74 Å². The maximum Gasteiger partial charge on any atom is 0.251 e. The highest BCUT2D eigenvalue weighted by Gasteiger charge is 2.31. The second-order valence-electron chi connectivity index (χ2n) is 6.89. The largest absolute Gasteiger partial charge is 0.368 e. The van der Waals surface area contributed by atoms with Gasteiger partial charge in [0.05, 0.1) is 5.69 Å². The lowest BCUT2D eigenvalue weighted by Crippen LogP contribution is -2.48. The molecule has 1 atom stereocenters. The summed E-state index contributed by atoms with van der Waals surface area (Å²) in [4.78, 5) is 16.8. The van der Waals surface area contributed by atoms with Gasteiger partial charge in [-0.05, 0) is 39.7 Å². The van der Waals surface area contributed by atoms with Crippen LogP contribution in [0.2, 0.25) is 0 Å². The van der Waals surface area contributed by atoms with E-state index in [1.807, 2.05) is 16.6 Å². The number of likely N-dealkylation sites (tertiary alicyclic amines) is 1. The molecule has 23 heavy (non-hydrogen) atoms. The van der Waals surface area contributed by atoms with Crippen LogP contribution in [0.3, 0.4) is 0 Å². The molecule has 2 aliphatic heterocycles. The Hall–Kier alpha value is -1.40. The van der Waals surface area contributed by atoms with Crippen LogP contribution >= 0.6 is 0 Å². The average Bonchev–Trinajstić information content (AvgIpc) is 3.17. The first-order chi connectivity index (χ1) is 11.0. The van der Waals surface area contributed by atoms with Crippen LogP contribution in [-0.2, 0) is 23.1 Å². The summed E-state index contributed by atoms with van der Waals surface area (Å²) in [5.41, 5.74) is 2.39. The second kappa shape index (κ2) is 7.01. The third-order valence-electron chi connectivity index (χ3n) is 5.14. The van der Waals surface area contributed by atoms with E-state index < -0.39 is 0 Å². The predicted molar refractivity (Wildman–Crippen MR) is 88.0 cm³/mol. The van der Waals surface area contributed by atoms with E-state index in [-0.39, 0.29) is 12.0 Å². The Kier molecular flexibility index (Phi) is 5.02. The van der Waals surface area contributed by atoms with Crippen molar-refractivity contribution in [3.8, 4) is 0 Å². The standard InChI is InChI=1S/C17H28N4O2/c1-13-14(12-20(3)18-13)11-19(2)15-6-8-21(9-7-15)17(22)16-5-4-10-23-16/h12,15-16H,4-11H2,1-3H3. The number of carbonyl (C=O) groups excluding carboxylic acids is 1. The van der Waals surface area contributed by atoms with Crippen molar-refractivity contribution in [2.75, 3.05) is 26.7 Å². The maximum atomic E-state index is 12.4. The number of ether oxygens (including phenoxy) is 1. The summed E-state index contributed by atoms with van der Waals surface area (Å²) < 4.78 is 7.40. The molecule has 1 aromatic heterocycles. The highest BCUT2D eigenvalue weighted by molar-refractivity contribution is 5.81. The molecule has 3 heterocycles. The molecule has 6 heteroatoms. The van der Waals surface area contributed by atoms with Crippen molar-refractivity contribution < 1.29 is 9.53 Å². The van der Waals surface area contributed by atoms with E-state index >= 15 is 0 Å².